The molecule has 0 aromatic carbocycles. The summed E-state index contributed by atoms with van der Waals surface area (Å²) in [5, 5.41) is 9.76. The van der Waals surface area contributed by atoms with Crippen molar-refractivity contribution in [2.24, 2.45) is 5.92 Å². The first kappa shape index (κ1) is 12.7. The van der Waals surface area contributed by atoms with Crippen LogP contribution in [-0.2, 0) is 4.74 Å². The molecule has 0 rings (SSSR count). The molecule has 2 heteroatoms. The molecule has 0 fully saturated rings. The van der Waals surface area contributed by atoms with E-state index < -0.39 is 0 Å². The zero-order chi connectivity index (χ0) is 10.4. The van der Waals surface area contributed by atoms with Crippen molar-refractivity contribution in [2.75, 3.05) is 7.11 Å². The highest BCUT2D eigenvalue weighted by molar-refractivity contribution is 4.89. The predicted molar refractivity (Wildman–Crippen MR) is 55.7 cm³/mol. The summed E-state index contributed by atoms with van der Waals surface area (Å²) in [7, 11) is 1.65. The lowest BCUT2D eigenvalue weighted by atomic mass is 9.97. The molecular weight excluding hydrogens is 164 g/mol. The van der Waals surface area contributed by atoms with Crippen LogP contribution in [0.3, 0.4) is 0 Å². The van der Waals surface area contributed by atoms with Crippen LogP contribution in [0.1, 0.15) is 33.6 Å². The van der Waals surface area contributed by atoms with Crippen molar-refractivity contribution in [3.8, 4) is 0 Å². The van der Waals surface area contributed by atoms with Crippen molar-refractivity contribution < 1.29 is 9.84 Å². The van der Waals surface area contributed by atoms with Gasteiger partial charge >= 0.3 is 0 Å². The molecule has 0 aliphatic rings. The maximum Gasteiger partial charge on any atom is 0.0853 e. The Balaban J connectivity index is 3.91. The fraction of sp³-hybridized carbons (Fsp3) is 0.818. The van der Waals surface area contributed by atoms with Gasteiger partial charge in [0.05, 0.1) is 12.2 Å². The van der Waals surface area contributed by atoms with E-state index in [9.17, 15) is 5.11 Å². The molecule has 0 spiro atoms. The largest absolute Gasteiger partial charge is 0.390 e. The Kier molecular flexibility index (Phi) is 6.00. The quantitative estimate of drug-likeness (QED) is 0.645. The van der Waals surface area contributed by atoms with Crippen LogP contribution in [-0.4, -0.2) is 24.4 Å². The lowest BCUT2D eigenvalue weighted by molar-refractivity contribution is -0.0404. The number of aliphatic hydroxyl groups excluding tert-OH is 1. The molecule has 0 aromatic rings. The minimum absolute atomic E-state index is 0.0562. The summed E-state index contributed by atoms with van der Waals surface area (Å²) in [4.78, 5) is 0. The number of methoxy groups -OCH3 is 1. The van der Waals surface area contributed by atoms with Crippen LogP contribution in [0.5, 0.6) is 0 Å². The van der Waals surface area contributed by atoms with Crippen LogP contribution in [0.4, 0.5) is 0 Å². The fourth-order valence-electron chi connectivity index (χ4n) is 1.43. The Bertz CT molecular complexity index is 152. The third-order valence-electron chi connectivity index (χ3n) is 2.18. The first-order valence-electron chi connectivity index (χ1n) is 4.84. The Morgan fingerprint density at radius 3 is 2.31 bits per heavy atom. The van der Waals surface area contributed by atoms with Crippen LogP contribution in [0.2, 0.25) is 0 Å². The minimum Gasteiger partial charge on any atom is -0.390 e. The van der Waals surface area contributed by atoms with Gasteiger partial charge in [-0.15, -0.1) is 6.58 Å². The Morgan fingerprint density at radius 1 is 1.46 bits per heavy atom. The maximum atomic E-state index is 9.76. The van der Waals surface area contributed by atoms with Gasteiger partial charge in [-0.1, -0.05) is 19.4 Å². The van der Waals surface area contributed by atoms with Gasteiger partial charge in [-0.3, -0.25) is 0 Å². The minimum atomic E-state index is -0.373. The van der Waals surface area contributed by atoms with Gasteiger partial charge in [-0.2, -0.15) is 0 Å². The normalized spacial score (nSPS) is 15.8. The van der Waals surface area contributed by atoms with E-state index >= 15 is 0 Å². The van der Waals surface area contributed by atoms with Crippen LogP contribution >= 0.6 is 0 Å². The summed E-state index contributed by atoms with van der Waals surface area (Å²) in [6.45, 7) is 9.89. The third kappa shape index (κ3) is 5.06. The van der Waals surface area contributed by atoms with Crippen LogP contribution < -0.4 is 0 Å². The van der Waals surface area contributed by atoms with Gasteiger partial charge in [0.1, 0.15) is 0 Å². The van der Waals surface area contributed by atoms with Crippen molar-refractivity contribution in [1.29, 1.82) is 0 Å². The van der Waals surface area contributed by atoms with E-state index in [0.29, 0.717) is 5.92 Å². The van der Waals surface area contributed by atoms with E-state index in [1.165, 1.54) is 0 Å². The first-order valence-corrected chi connectivity index (χ1v) is 4.84. The zero-order valence-corrected chi connectivity index (χ0v) is 9.21. The number of hydrogen-bond donors (Lipinski definition) is 1. The summed E-state index contributed by atoms with van der Waals surface area (Å²) >= 11 is 0. The topological polar surface area (TPSA) is 29.5 Å². The molecule has 0 aliphatic heterocycles. The second-order valence-electron chi connectivity index (χ2n) is 4.01. The lowest BCUT2D eigenvalue weighted by Gasteiger charge is -2.24. The second-order valence-corrected chi connectivity index (χ2v) is 4.01. The number of rotatable bonds is 6. The third-order valence-corrected chi connectivity index (χ3v) is 2.18. The summed E-state index contributed by atoms with van der Waals surface area (Å²) in [6.07, 6.45) is 1.18. The van der Waals surface area contributed by atoms with Gasteiger partial charge < -0.3 is 9.84 Å². The standard InChI is InChI=1S/C11H22O2/c1-8(2)6-7-10(12)11(13-5)9(3)4/h9-12H,1,6-7H2,2-5H3. The molecule has 13 heavy (non-hydrogen) atoms. The molecular formula is C11H22O2. The zero-order valence-electron chi connectivity index (χ0n) is 9.21. The molecule has 0 aliphatic carbocycles. The number of aliphatic hydroxyl groups is 1. The van der Waals surface area contributed by atoms with Crippen LogP contribution in [0.25, 0.3) is 0 Å². The summed E-state index contributed by atoms with van der Waals surface area (Å²) in [5.41, 5.74) is 1.11. The molecule has 0 saturated carbocycles. The van der Waals surface area contributed by atoms with Crippen molar-refractivity contribution in [2.45, 2.75) is 45.8 Å². The van der Waals surface area contributed by atoms with E-state index in [1.54, 1.807) is 7.11 Å². The number of allylic oxidation sites excluding steroid dienone is 1. The lowest BCUT2D eigenvalue weighted by Crippen LogP contribution is -2.32. The van der Waals surface area contributed by atoms with Gasteiger partial charge in [-0.05, 0) is 25.7 Å². The summed E-state index contributed by atoms with van der Waals surface area (Å²) in [6, 6.07) is 0. The van der Waals surface area contributed by atoms with E-state index in [1.807, 2.05) is 6.92 Å². The van der Waals surface area contributed by atoms with E-state index in [0.717, 1.165) is 18.4 Å². The maximum absolute atomic E-state index is 9.76. The Hall–Kier alpha value is -0.340. The molecule has 2 atom stereocenters. The van der Waals surface area contributed by atoms with E-state index in [2.05, 4.69) is 20.4 Å². The molecule has 2 nitrogen and oxygen atoms in total. The van der Waals surface area contributed by atoms with Crippen molar-refractivity contribution in [3.63, 3.8) is 0 Å². The average Bonchev–Trinajstić information content (AvgIpc) is 2.01. The molecule has 1 N–H and O–H groups in total. The number of ether oxygens (including phenoxy) is 1. The first-order chi connectivity index (χ1) is 5.99. The summed E-state index contributed by atoms with van der Waals surface area (Å²) < 4.78 is 5.23. The fourth-order valence-corrected chi connectivity index (χ4v) is 1.43. The van der Waals surface area contributed by atoms with Gasteiger partial charge in [0.15, 0.2) is 0 Å². The van der Waals surface area contributed by atoms with Crippen LogP contribution in [0, 0.1) is 5.92 Å². The highest BCUT2D eigenvalue weighted by atomic mass is 16.5. The molecule has 0 aromatic heterocycles. The Morgan fingerprint density at radius 2 is 2.00 bits per heavy atom. The smallest absolute Gasteiger partial charge is 0.0853 e. The van der Waals surface area contributed by atoms with Crippen molar-refractivity contribution in [3.05, 3.63) is 12.2 Å². The van der Waals surface area contributed by atoms with Gasteiger partial charge in [-0.25, -0.2) is 0 Å². The van der Waals surface area contributed by atoms with Gasteiger partial charge in [0.2, 0.25) is 0 Å². The van der Waals surface area contributed by atoms with Crippen LogP contribution in [0.15, 0.2) is 12.2 Å². The van der Waals surface area contributed by atoms with E-state index in [4.69, 9.17) is 4.74 Å². The van der Waals surface area contributed by atoms with Gasteiger partial charge in [0, 0.05) is 7.11 Å². The molecule has 0 saturated heterocycles. The van der Waals surface area contributed by atoms with Crippen molar-refractivity contribution >= 4 is 0 Å². The number of hydrogen-bond acceptors (Lipinski definition) is 2. The molecule has 0 bridgehead atoms. The molecule has 78 valence electrons. The molecule has 0 radical (unpaired) electrons. The second kappa shape index (κ2) is 6.17. The average molecular weight is 186 g/mol. The molecule has 0 heterocycles. The monoisotopic (exact) mass is 186 g/mol. The van der Waals surface area contributed by atoms with E-state index in [-0.39, 0.29) is 12.2 Å². The predicted octanol–water partition coefficient (Wildman–Crippen LogP) is 2.37. The Labute approximate surface area is 81.6 Å². The molecule has 0 amide bonds. The van der Waals surface area contributed by atoms with Gasteiger partial charge in [0.25, 0.3) is 0 Å². The molecule has 2 unspecified atom stereocenters. The summed E-state index contributed by atoms with van der Waals surface area (Å²) in [5.74, 6) is 0.352. The highest BCUT2D eigenvalue weighted by Gasteiger charge is 2.21. The van der Waals surface area contributed by atoms with Crippen molar-refractivity contribution in [1.82, 2.24) is 0 Å². The highest BCUT2D eigenvalue weighted by Crippen LogP contribution is 2.15. The SMILES string of the molecule is C=C(C)CCC(O)C(OC)C(C)C.